The number of aromatic nitrogens is 2. The van der Waals surface area contributed by atoms with Gasteiger partial charge in [-0.05, 0) is 26.8 Å². The molecule has 1 atom stereocenters. The maximum absolute atomic E-state index is 12.3. The van der Waals surface area contributed by atoms with Crippen LogP contribution < -0.4 is 5.32 Å². The molecule has 142 valence electrons. The van der Waals surface area contributed by atoms with Crippen LogP contribution >= 0.6 is 0 Å². The molecule has 0 radical (unpaired) electrons. The number of Topliss-reactive ketones (excluding diaryl/α,β-unsaturated/α-hetero) is 1. The number of carbonyl (C=O) groups excluding carboxylic acids is 3. The van der Waals surface area contributed by atoms with Crippen LogP contribution in [0.25, 0.3) is 0 Å². The number of rotatable bonds is 6. The number of nitrogens with zero attached hydrogens (tertiary/aromatic N) is 3. The molecule has 2 rings (SSSR count). The third-order valence-electron chi connectivity index (χ3n) is 3.93. The molecule has 1 aromatic carbocycles. The SMILES string of the molecule is Cc1nn(C)c(C)c1C(=O)C(=O)OC(C)C(=O)Nc1ccccc1[N+](=O)[O-]. The summed E-state index contributed by atoms with van der Waals surface area (Å²) in [6.07, 6.45) is -1.33. The van der Waals surface area contributed by atoms with Crippen LogP contribution in [0, 0.1) is 24.0 Å². The minimum absolute atomic E-state index is 0.0410. The van der Waals surface area contributed by atoms with Crippen molar-refractivity contribution in [2.75, 3.05) is 5.32 Å². The second-order valence-corrected chi connectivity index (χ2v) is 5.81. The molecule has 10 nitrogen and oxygen atoms in total. The van der Waals surface area contributed by atoms with Gasteiger partial charge in [0.2, 0.25) is 0 Å². The van der Waals surface area contributed by atoms with E-state index in [4.69, 9.17) is 4.74 Å². The van der Waals surface area contributed by atoms with E-state index in [1.165, 1.54) is 35.9 Å². The first-order valence-corrected chi connectivity index (χ1v) is 7.93. The molecule has 0 bridgehead atoms. The van der Waals surface area contributed by atoms with Crippen molar-refractivity contribution in [2.45, 2.75) is 26.9 Å². The molecule has 1 heterocycles. The zero-order chi connectivity index (χ0) is 20.3. The van der Waals surface area contributed by atoms with Gasteiger partial charge in [-0.2, -0.15) is 5.10 Å². The smallest absolute Gasteiger partial charge is 0.380 e. The Bertz CT molecular complexity index is 934. The maximum Gasteiger partial charge on any atom is 0.380 e. The van der Waals surface area contributed by atoms with E-state index in [0.29, 0.717) is 11.4 Å². The third-order valence-corrected chi connectivity index (χ3v) is 3.93. The van der Waals surface area contributed by atoms with Crippen LogP contribution in [0.4, 0.5) is 11.4 Å². The molecule has 0 saturated heterocycles. The molecule has 27 heavy (non-hydrogen) atoms. The van der Waals surface area contributed by atoms with E-state index < -0.39 is 28.7 Å². The Kier molecular flexibility index (Phi) is 5.69. The third kappa shape index (κ3) is 4.17. The minimum Gasteiger partial charge on any atom is -0.447 e. The fourth-order valence-electron chi connectivity index (χ4n) is 2.44. The highest BCUT2D eigenvalue weighted by molar-refractivity contribution is 6.41. The number of esters is 1. The first kappa shape index (κ1) is 19.8. The van der Waals surface area contributed by atoms with Crippen LogP contribution in [0.2, 0.25) is 0 Å². The molecule has 1 unspecified atom stereocenters. The molecule has 0 fully saturated rings. The summed E-state index contributed by atoms with van der Waals surface area (Å²) in [6, 6.07) is 5.53. The van der Waals surface area contributed by atoms with Gasteiger partial charge in [-0.25, -0.2) is 4.79 Å². The Morgan fingerprint density at radius 3 is 2.44 bits per heavy atom. The highest BCUT2D eigenvalue weighted by Gasteiger charge is 2.29. The fourth-order valence-corrected chi connectivity index (χ4v) is 2.44. The number of para-hydroxylation sites is 2. The second kappa shape index (κ2) is 7.77. The lowest BCUT2D eigenvalue weighted by Gasteiger charge is -2.13. The fraction of sp³-hybridized carbons (Fsp3) is 0.294. The summed E-state index contributed by atoms with van der Waals surface area (Å²) in [7, 11) is 1.63. The number of nitro benzene ring substituents is 1. The molecule has 0 saturated carbocycles. The van der Waals surface area contributed by atoms with E-state index in [1.807, 2.05) is 0 Å². The lowest BCUT2D eigenvalue weighted by Crippen LogP contribution is -2.33. The Labute approximate surface area is 154 Å². The van der Waals surface area contributed by atoms with Gasteiger partial charge in [0.1, 0.15) is 5.69 Å². The maximum atomic E-state index is 12.3. The largest absolute Gasteiger partial charge is 0.447 e. The number of carbonyl (C=O) groups is 3. The zero-order valence-corrected chi connectivity index (χ0v) is 15.2. The van der Waals surface area contributed by atoms with Crippen molar-refractivity contribution in [3.05, 3.63) is 51.3 Å². The number of aryl methyl sites for hydroxylation is 2. The van der Waals surface area contributed by atoms with Crippen LogP contribution in [0.3, 0.4) is 0 Å². The van der Waals surface area contributed by atoms with E-state index in [2.05, 4.69) is 10.4 Å². The predicted octanol–water partition coefficient (Wildman–Crippen LogP) is 1.70. The molecule has 10 heteroatoms. The molecule has 1 N–H and O–H groups in total. The van der Waals surface area contributed by atoms with E-state index in [1.54, 1.807) is 20.9 Å². The van der Waals surface area contributed by atoms with Crippen LogP contribution in [0.5, 0.6) is 0 Å². The average molecular weight is 374 g/mol. The second-order valence-electron chi connectivity index (χ2n) is 5.81. The number of ether oxygens (including phenoxy) is 1. The lowest BCUT2D eigenvalue weighted by atomic mass is 10.1. The topological polar surface area (TPSA) is 133 Å². The Balaban J connectivity index is 2.09. The number of nitro groups is 1. The van der Waals surface area contributed by atoms with Gasteiger partial charge in [-0.3, -0.25) is 24.4 Å². The lowest BCUT2D eigenvalue weighted by molar-refractivity contribution is -0.383. The van der Waals surface area contributed by atoms with Crippen molar-refractivity contribution >= 4 is 29.0 Å². The number of nitrogens with one attached hydrogen (secondary N) is 1. The van der Waals surface area contributed by atoms with Crippen LogP contribution in [0.1, 0.15) is 28.7 Å². The zero-order valence-electron chi connectivity index (χ0n) is 15.2. The monoisotopic (exact) mass is 374 g/mol. The van der Waals surface area contributed by atoms with E-state index >= 15 is 0 Å². The molecule has 2 aromatic rings. The van der Waals surface area contributed by atoms with E-state index in [-0.39, 0.29) is 16.9 Å². The summed E-state index contributed by atoms with van der Waals surface area (Å²) in [5.41, 5.74) is 0.636. The van der Waals surface area contributed by atoms with E-state index in [9.17, 15) is 24.5 Å². The predicted molar refractivity (Wildman–Crippen MR) is 94.3 cm³/mol. The quantitative estimate of drug-likeness (QED) is 0.267. The minimum atomic E-state index is -1.33. The summed E-state index contributed by atoms with van der Waals surface area (Å²) < 4.78 is 6.37. The number of amides is 1. The number of hydrogen-bond acceptors (Lipinski definition) is 7. The molecule has 0 aliphatic heterocycles. The normalized spacial score (nSPS) is 11.6. The summed E-state index contributed by atoms with van der Waals surface area (Å²) in [5, 5.41) is 17.4. The molecular weight excluding hydrogens is 356 g/mol. The highest BCUT2D eigenvalue weighted by atomic mass is 16.6. The summed E-state index contributed by atoms with van der Waals surface area (Å²) >= 11 is 0. The van der Waals surface area contributed by atoms with Gasteiger partial charge in [0.15, 0.2) is 6.10 Å². The van der Waals surface area contributed by atoms with Crippen LogP contribution in [0.15, 0.2) is 24.3 Å². The van der Waals surface area contributed by atoms with Crippen molar-refractivity contribution in [3.8, 4) is 0 Å². The van der Waals surface area contributed by atoms with Gasteiger partial charge < -0.3 is 10.1 Å². The van der Waals surface area contributed by atoms with Gasteiger partial charge in [0.25, 0.3) is 17.4 Å². The first-order chi connectivity index (χ1) is 12.6. The Hall–Kier alpha value is -3.56. The standard InChI is InChI=1S/C17H18N4O6/c1-9-14(10(2)20(4)19-9)15(22)17(24)27-11(3)16(23)18-12-7-5-6-8-13(12)21(25)26/h5-8,11H,1-4H3,(H,18,23). The molecule has 1 amide bonds. The number of anilines is 1. The molecule has 1 aromatic heterocycles. The van der Waals surface area contributed by atoms with Gasteiger partial charge in [-0.15, -0.1) is 0 Å². The molecule has 0 spiro atoms. The number of benzene rings is 1. The first-order valence-electron chi connectivity index (χ1n) is 7.93. The summed E-state index contributed by atoms with van der Waals surface area (Å²) in [4.78, 5) is 46.9. The van der Waals surface area contributed by atoms with Crippen molar-refractivity contribution < 1.29 is 24.0 Å². The summed E-state index contributed by atoms with van der Waals surface area (Å²) in [6.45, 7) is 4.47. The molecular formula is C17H18N4O6. The highest BCUT2D eigenvalue weighted by Crippen LogP contribution is 2.23. The Morgan fingerprint density at radius 1 is 1.26 bits per heavy atom. The number of ketones is 1. The number of hydrogen-bond donors (Lipinski definition) is 1. The van der Waals surface area contributed by atoms with Crippen LogP contribution in [-0.4, -0.2) is 38.5 Å². The van der Waals surface area contributed by atoms with E-state index in [0.717, 1.165) is 0 Å². The Morgan fingerprint density at radius 2 is 1.89 bits per heavy atom. The van der Waals surface area contributed by atoms with Gasteiger partial charge in [0, 0.05) is 18.8 Å². The van der Waals surface area contributed by atoms with Gasteiger partial charge in [0.05, 0.1) is 16.2 Å². The van der Waals surface area contributed by atoms with Crippen molar-refractivity contribution in [1.29, 1.82) is 0 Å². The molecule has 0 aliphatic rings. The van der Waals surface area contributed by atoms with Gasteiger partial charge in [-0.1, -0.05) is 12.1 Å². The van der Waals surface area contributed by atoms with Crippen LogP contribution in [-0.2, 0) is 21.4 Å². The van der Waals surface area contributed by atoms with Crippen molar-refractivity contribution in [2.24, 2.45) is 7.05 Å². The molecule has 0 aliphatic carbocycles. The average Bonchev–Trinajstić information content (AvgIpc) is 2.86. The summed E-state index contributed by atoms with van der Waals surface area (Å²) in [5.74, 6) is -2.92. The van der Waals surface area contributed by atoms with Gasteiger partial charge >= 0.3 is 5.97 Å². The van der Waals surface area contributed by atoms with Crippen molar-refractivity contribution in [1.82, 2.24) is 9.78 Å². The van der Waals surface area contributed by atoms with Crippen molar-refractivity contribution in [3.63, 3.8) is 0 Å².